The van der Waals surface area contributed by atoms with Crippen LogP contribution >= 0.6 is 0 Å². The summed E-state index contributed by atoms with van der Waals surface area (Å²) >= 11 is 0. The topological polar surface area (TPSA) is 59.2 Å². The van der Waals surface area contributed by atoms with Crippen LogP contribution in [-0.2, 0) is 4.79 Å². The third kappa shape index (κ3) is 2.70. The van der Waals surface area contributed by atoms with Gasteiger partial charge >= 0.3 is 0 Å². The van der Waals surface area contributed by atoms with Gasteiger partial charge in [0.05, 0.1) is 5.41 Å². The minimum atomic E-state index is -0.445. The molecule has 1 amide bonds. The molecule has 0 aromatic carbocycles. The van der Waals surface area contributed by atoms with Crippen LogP contribution in [0.5, 0.6) is 0 Å². The molecule has 0 saturated heterocycles. The highest BCUT2D eigenvalue weighted by Gasteiger charge is 2.36. The van der Waals surface area contributed by atoms with Gasteiger partial charge in [-0.05, 0) is 31.9 Å². The van der Waals surface area contributed by atoms with Crippen LogP contribution in [-0.4, -0.2) is 24.0 Å². The molecule has 100 valence electrons. The summed E-state index contributed by atoms with van der Waals surface area (Å²) in [5.41, 5.74) is 6.28. The zero-order valence-corrected chi connectivity index (χ0v) is 11.5. The van der Waals surface area contributed by atoms with Gasteiger partial charge in [-0.3, -0.25) is 9.78 Å². The molecule has 1 rings (SSSR count). The van der Waals surface area contributed by atoms with E-state index in [9.17, 15) is 4.79 Å². The normalized spacial score (nSPS) is 11.3. The van der Waals surface area contributed by atoms with Crippen molar-refractivity contribution < 1.29 is 4.79 Å². The molecule has 0 aliphatic carbocycles. The standard InChI is InChI=1S/C14H23N3O/c1-4-14(5-2,11-15)13(18)17(6-3)12-7-9-16-10-8-12/h7-10H,4-6,11,15H2,1-3H3. The molecule has 0 spiro atoms. The van der Waals surface area contributed by atoms with Gasteiger partial charge in [-0.25, -0.2) is 0 Å². The van der Waals surface area contributed by atoms with Crippen molar-refractivity contribution in [2.24, 2.45) is 11.1 Å². The smallest absolute Gasteiger partial charge is 0.234 e. The van der Waals surface area contributed by atoms with Gasteiger partial charge in [-0.1, -0.05) is 13.8 Å². The van der Waals surface area contributed by atoms with Crippen LogP contribution in [0.3, 0.4) is 0 Å². The lowest BCUT2D eigenvalue weighted by molar-refractivity contribution is -0.128. The van der Waals surface area contributed by atoms with E-state index in [4.69, 9.17) is 5.73 Å². The summed E-state index contributed by atoms with van der Waals surface area (Å²) in [6.45, 7) is 7.05. The lowest BCUT2D eigenvalue weighted by atomic mass is 9.81. The second-order valence-electron chi connectivity index (χ2n) is 4.45. The monoisotopic (exact) mass is 249 g/mol. The summed E-state index contributed by atoms with van der Waals surface area (Å²) < 4.78 is 0. The highest BCUT2D eigenvalue weighted by atomic mass is 16.2. The number of nitrogens with two attached hydrogens (primary N) is 1. The van der Waals surface area contributed by atoms with Crippen LogP contribution in [0.2, 0.25) is 0 Å². The first-order valence-corrected chi connectivity index (χ1v) is 6.57. The zero-order chi connectivity index (χ0) is 13.6. The van der Waals surface area contributed by atoms with Crippen LogP contribution in [0.25, 0.3) is 0 Å². The Morgan fingerprint density at radius 1 is 1.28 bits per heavy atom. The highest BCUT2D eigenvalue weighted by Crippen LogP contribution is 2.29. The van der Waals surface area contributed by atoms with Crippen LogP contribution in [0.4, 0.5) is 5.69 Å². The first kappa shape index (κ1) is 14.6. The number of carbonyl (C=O) groups is 1. The lowest BCUT2D eigenvalue weighted by Crippen LogP contribution is -2.47. The van der Waals surface area contributed by atoms with E-state index in [0.717, 1.165) is 18.5 Å². The Balaban J connectivity index is 3.06. The van der Waals surface area contributed by atoms with Crippen LogP contribution in [0.1, 0.15) is 33.6 Å². The van der Waals surface area contributed by atoms with Crippen LogP contribution in [0.15, 0.2) is 24.5 Å². The third-order valence-corrected chi connectivity index (χ3v) is 3.73. The first-order valence-electron chi connectivity index (χ1n) is 6.57. The molecule has 1 heterocycles. The molecule has 0 saturated carbocycles. The summed E-state index contributed by atoms with van der Waals surface area (Å²) in [6.07, 6.45) is 4.93. The van der Waals surface area contributed by atoms with E-state index in [0.29, 0.717) is 13.1 Å². The van der Waals surface area contributed by atoms with E-state index in [2.05, 4.69) is 4.98 Å². The van der Waals surface area contributed by atoms with Gasteiger partial charge in [0.15, 0.2) is 0 Å². The van der Waals surface area contributed by atoms with Gasteiger partial charge in [-0.15, -0.1) is 0 Å². The third-order valence-electron chi connectivity index (χ3n) is 3.73. The van der Waals surface area contributed by atoms with E-state index in [1.807, 2.05) is 32.9 Å². The van der Waals surface area contributed by atoms with E-state index < -0.39 is 5.41 Å². The van der Waals surface area contributed by atoms with Gasteiger partial charge in [0, 0.05) is 31.2 Å². The number of rotatable bonds is 6. The van der Waals surface area contributed by atoms with Crippen molar-refractivity contribution in [2.75, 3.05) is 18.0 Å². The van der Waals surface area contributed by atoms with Gasteiger partial charge in [0.2, 0.25) is 5.91 Å². The number of aromatic nitrogens is 1. The number of pyridine rings is 1. The zero-order valence-electron chi connectivity index (χ0n) is 11.5. The van der Waals surface area contributed by atoms with E-state index in [-0.39, 0.29) is 5.91 Å². The number of amides is 1. The molecule has 0 atom stereocenters. The van der Waals surface area contributed by atoms with Crippen molar-refractivity contribution in [3.8, 4) is 0 Å². The van der Waals surface area contributed by atoms with Crippen LogP contribution < -0.4 is 10.6 Å². The Morgan fingerprint density at radius 2 is 1.83 bits per heavy atom. The molecule has 0 fully saturated rings. The fourth-order valence-electron chi connectivity index (χ4n) is 2.18. The average Bonchev–Trinajstić information content (AvgIpc) is 2.43. The maximum Gasteiger partial charge on any atom is 0.234 e. The summed E-state index contributed by atoms with van der Waals surface area (Å²) in [6, 6.07) is 3.71. The summed E-state index contributed by atoms with van der Waals surface area (Å²) in [4.78, 5) is 18.5. The second-order valence-corrected chi connectivity index (χ2v) is 4.45. The molecule has 2 N–H and O–H groups in total. The van der Waals surface area contributed by atoms with Gasteiger partial charge in [0.25, 0.3) is 0 Å². The van der Waals surface area contributed by atoms with Gasteiger partial charge in [0.1, 0.15) is 0 Å². The summed E-state index contributed by atoms with van der Waals surface area (Å²) in [5, 5.41) is 0. The maximum atomic E-state index is 12.7. The van der Waals surface area contributed by atoms with Crippen LogP contribution in [0, 0.1) is 5.41 Å². The number of anilines is 1. The fraction of sp³-hybridized carbons (Fsp3) is 0.571. The Bertz CT molecular complexity index is 366. The van der Waals surface area contributed by atoms with Crippen molar-refractivity contribution in [2.45, 2.75) is 33.6 Å². The predicted octanol–water partition coefficient (Wildman–Crippen LogP) is 2.20. The van der Waals surface area contributed by atoms with Gasteiger partial charge < -0.3 is 10.6 Å². The highest BCUT2D eigenvalue weighted by molar-refractivity contribution is 5.97. The Hall–Kier alpha value is -1.42. The van der Waals surface area contributed by atoms with Crippen molar-refractivity contribution in [3.63, 3.8) is 0 Å². The van der Waals surface area contributed by atoms with Crippen molar-refractivity contribution in [3.05, 3.63) is 24.5 Å². The quantitative estimate of drug-likeness (QED) is 0.840. The van der Waals surface area contributed by atoms with Crippen molar-refractivity contribution in [1.29, 1.82) is 0 Å². The SMILES string of the molecule is CCN(C(=O)C(CC)(CC)CN)c1ccncc1. The fourth-order valence-corrected chi connectivity index (χ4v) is 2.18. The number of hydrogen-bond donors (Lipinski definition) is 1. The molecule has 0 unspecified atom stereocenters. The molecule has 0 bridgehead atoms. The molecule has 4 heteroatoms. The minimum Gasteiger partial charge on any atom is -0.329 e. The predicted molar refractivity (Wildman–Crippen MR) is 74.3 cm³/mol. The molecule has 0 radical (unpaired) electrons. The molecular formula is C14H23N3O. The molecule has 1 aromatic rings. The molecule has 0 aliphatic heterocycles. The largest absolute Gasteiger partial charge is 0.329 e. The Kier molecular flexibility index (Phi) is 5.28. The number of carbonyl (C=O) groups excluding carboxylic acids is 1. The minimum absolute atomic E-state index is 0.115. The average molecular weight is 249 g/mol. The van der Waals surface area contributed by atoms with E-state index >= 15 is 0 Å². The first-order chi connectivity index (χ1) is 8.65. The molecule has 1 aromatic heterocycles. The molecule has 18 heavy (non-hydrogen) atoms. The Labute approximate surface area is 109 Å². The molecule has 0 aliphatic rings. The summed E-state index contributed by atoms with van der Waals surface area (Å²) in [5.74, 6) is 0.115. The lowest BCUT2D eigenvalue weighted by Gasteiger charge is -2.34. The summed E-state index contributed by atoms with van der Waals surface area (Å²) in [7, 11) is 0. The van der Waals surface area contributed by atoms with Gasteiger partial charge in [-0.2, -0.15) is 0 Å². The Morgan fingerprint density at radius 3 is 2.22 bits per heavy atom. The van der Waals surface area contributed by atoms with Crippen molar-refractivity contribution in [1.82, 2.24) is 4.98 Å². The van der Waals surface area contributed by atoms with E-state index in [1.165, 1.54) is 0 Å². The molecular weight excluding hydrogens is 226 g/mol. The second kappa shape index (κ2) is 6.50. The van der Waals surface area contributed by atoms with E-state index in [1.54, 1.807) is 17.3 Å². The number of hydrogen-bond acceptors (Lipinski definition) is 3. The maximum absolute atomic E-state index is 12.7. The molecule has 4 nitrogen and oxygen atoms in total. The van der Waals surface area contributed by atoms with Crippen molar-refractivity contribution >= 4 is 11.6 Å². The number of nitrogens with zero attached hydrogens (tertiary/aromatic N) is 2.